The maximum atomic E-state index is 12.9. The van der Waals surface area contributed by atoms with Gasteiger partial charge < -0.3 is 15.1 Å². The van der Waals surface area contributed by atoms with Gasteiger partial charge in [-0.2, -0.15) is 16.3 Å². The zero-order valence-electron chi connectivity index (χ0n) is 18.9. The molecule has 0 saturated carbocycles. The zero-order chi connectivity index (χ0) is 22.9. The largest absolute Gasteiger partial charge is 0.369 e. The van der Waals surface area contributed by atoms with Crippen LogP contribution in [-0.2, 0) is 6.54 Å². The number of fused-ring (bicyclic) bond motifs is 1. The second-order valence-electron chi connectivity index (χ2n) is 8.32. The van der Waals surface area contributed by atoms with Crippen molar-refractivity contribution >= 4 is 39.7 Å². The molecule has 1 aromatic carbocycles. The van der Waals surface area contributed by atoms with Crippen LogP contribution in [0.4, 0.5) is 17.3 Å². The van der Waals surface area contributed by atoms with Crippen molar-refractivity contribution in [2.24, 2.45) is 0 Å². The number of hydrogen-bond donors (Lipinski definition) is 1. The van der Waals surface area contributed by atoms with Crippen LogP contribution < -0.4 is 15.8 Å². The fourth-order valence-electron chi connectivity index (χ4n) is 4.28. The Morgan fingerprint density at radius 3 is 2.73 bits per heavy atom. The van der Waals surface area contributed by atoms with Gasteiger partial charge in [-0.25, -0.2) is 14.3 Å². The monoisotopic (exact) mass is 461 g/mol. The van der Waals surface area contributed by atoms with Crippen molar-refractivity contribution in [3.8, 4) is 5.69 Å². The van der Waals surface area contributed by atoms with E-state index in [9.17, 15) is 4.79 Å². The van der Waals surface area contributed by atoms with E-state index in [0.29, 0.717) is 23.5 Å². The van der Waals surface area contributed by atoms with Crippen molar-refractivity contribution in [1.29, 1.82) is 0 Å². The first-order valence-electron chi connectivity index (χ1n) is 11.0. The van der Waals surface area contributed by atoms with Gasteiger partial charge in [0.25, 0.3) is 5.56 Å². The minimum Gasteiger partial charge on any atom is -0.369 e. The fraction of sp³-hybridized carbons (Fsp3) is 0.292. The number of nitrogens with one attached hydrogen (secondary N) is 1. The van der Waals surface area contributed by atoms with Gasteiger partial charge in [-0.3, -0.25) is 4.79 Å². The molecule has 5 rings (SSSR count). The Balaban J connectivity index is 1.47. The average Bonchev–Trinajstić information content (AvgIpc) is 3.42. The van der Waals surface area contributed by atoms with Crippen LogP contribution >= 0.6 is 11.3 Å². The van der Waals surface area contributed by atoms with Crippen LogP contribution in [-0.4, -0.2) is 57.5 Å². The number of likely N-dealkylation sites (N-methyl/N-ethyl adjacent to an activating group) is 1. The highest BCUT2D eigenvalue weighted by Crippen LogP contribution is 2.26. The van der Waals surface area contributed by atoms with Crippen LogP contribution in [0.2, 0.25) is 0 Å². The second-order valence-corrected chi connectivity index (χ2v) is 9.10. The Morgan fingerprint density at radius 2 is 2.03 bits per heavy atom. The number of thiophene rings is 1. The summed E-state index contributed by atoms with van der Waals surface area (Å²) >= 11 is 1.57. The standard InChI is InChI=1S/C24H27N7OS/c1-4-8-30-23(32)20-15-25-24(27-22(20)31(30)19-7-13-33-16-19)26-18-5-6-21(17(2)14-18)29-11-9-28(3)10-12-29/h4-7,13-16H,1,8-12H2,2-3H3,(H,25,26,27). The summed E-state index contributed by atoms with van der Waals surface area (Å²) in [6, 6.07) is 8.31. The number of nitrogens with zero attached hydrogens (tertiary/aromatic N) is 6. The first kappa shape index (κ1) is 21.4. The van der Waals surface area contributed by atoms with E-state index in [1.807, 2.05) is 21.5 Å². The predicted molar refractivity (Wildman–Crippen MR) is 135 cm³/mol. The summed E-state index contributed by atoms with van der Waals surface area (Å²) in [6.45, 7) is 10.5. The summed E-state index contributed by atoms with van der Waals surface area (Å²) in [5.74, 6) is 0.453. The molecule has 1 aliphatic heterocycles. The molecule has 0 spiro atoms. The van der Waals surface area contributed by atoms with E-state index in [4.69, 9.17) is 4.98 Å². The molecule has 0 atom stereocenters. The van der Waals surface area contributed by atoms with Gasteiger partial charge in [0.15, 0.2) is 5.65 Å². The lowest BCUT2D eigenvalue weighted by atomic mass is 10.1. The van der Waals surface area contributed by atoms with Crippen LogP contribution in [0.5, 0.6) is 0 Å². The first-order chi connectivity index (χ1) is 16.0. The van der Waals surface area contributed by atoms with Gasteiger partial charge in [-0.15, -0.1) is 6.58 Å². The molecular weight excluding hydrogens is 434 g/mol. The van der Waals surface area contributed by atoms with Crippen LogP contribution in [0.3, 0.4) is 0 Å². The normalized spacial score (nSPS) is 14.7. The minimum absolute atomic E-state index is 0.130. The average molecular weight is 462 g/mol. The van der Waals surface area contributed by atoms with Crippen molar-refractivity contribution < 1.29 is 0 Å². The van der Waals surface area contributed by atoms with Crippen molar-refractivity contribution in [2.45, 2.75) is 13.5 Å². The molecule has 1 aliphatic rings. The van der Waals surface area contributed by atoms with Gasteiger partial charge in [0.2, 0.25) is 5.95 Å². The third-order valence-corrected chi connectivity index (χ3v) is 6.70. The first-order valence-corrected chi connectivity index (χ1v) is 11.9. The van der Waals surface area contributed by atoms with Crippen molar-refractivity contribution in [2.75, 3.05) is 43.4 Å². The van der Waals surface area contributed by atoms with Crippen LogP contribution in [0, 0.1) is 6.92 Å². The van der Waals surface area contributed by atoms with E-state index in [-0.39, 0.29) is 5.56 Å². The Morgan fingerprint density at radius 1 is 1.21 bits per heavy atom. The van der Waals surface area contributed by atoms with Gasteiger partial charge >= 0.3 is 0 Å². The van der Waals surface area contributed by atoms with Gasteiger partial charge in [0.05, 0.1) is 12.2 Å². The summed E-state index contributed by atoms with van der Waals surface area (Å²) in [5, 5.41) is 7.77. The molecule has 9 heteroatoms. The summed E-state index contributed by atoms with van der Waals surface area (Å²) in [4.78, 5) is 26.9. The maximum Gasteiger partial charge on any atom is 0.278 e. The van der Waals surface area contributed by atoms with Crippen molar-refractivity contribution in [3.05, 3.63) is 69.8 Å². The van der Waals surface area contributed by atoms with E-state index < -0.39 is 0 Å². The molecule has 0 bridgehead atoms. The van der Waals surface area contributed by atoms with Gasteiger partial charge in [0, 0.05) is 49.1 Å². The molecular formula is C24H27N7OS. The number of rotatable bonds is 6. The summed E-state index contributed by atoms with van der Waals surface area (Å²) in [6.07, 6.45) is 3.31. The van der Waals surface area contributed by atoms with E-state index in [2.05, 4.69) is 58.9 Å². The maximum absolute atomic E-state index is 12.9. The molecule has 0 amide bonds. The Hall–Kier alpha value is -3.43. The Bertz CT molecular complexity index is 1350. The number of aryl methyl sites for hydroxylation is 1. The molecule has 33 heavy (non-hydrogen) atoms. The number of aromatic nitrogens is 4. The lowest BCUT2D eigenvalue weighted by Crippen LogP contribution is -2.44. The summed E-state index contributed by atoms with van der Waals surface area (Å²) in [5.41, 5.74) is 4.72. The number of benzene rings is 1. The Kier molecular flexibility index (Phi) is 5.74. The molecule has 8 nitrogen and oxygen atoms in total. The quantitative estimate of drug-likeness (QED) is 0.442. The summed E-state index contributed by atoms with van der Waals surface area (Å²) in [7, 11) is 2.16. The Labute approximate surface area is 196 Å². The van der Waals surface area contributed by atoms with Gasteiger partial charge in [0.1, 0.15) is 5.39 Å². The molecule has 0 unspecified atom stereocenters. The van der Waals surface area contributed by atoms with E-state index >= 15 is 0 Å². The van der Waals surface area contributed by atoms with Crippen LogP contribution in [0.25, 0.3) is 16.7 Å². The van der Waals surface area contributed by atoms with Crippen molar-refractivity contribution in [3.63, 3.8) is 0 Å². The third kappa shape index (κ3) is 4.05. The lowest BCUT2D eigenvalue weighted by Gasteiger charge is -2.35. The van der Waals surface area contributed by atoms with Crippen LogP contribution in [0.15, 0.2) is 58.7 Å². The SMILES string of the molecule is C=CCn1c(=O)c2cnc(Nc3ccc(N4CCN(C)CC4)c(C)c3)nc2n1-c1ccsc1. The second kappa shape index (κ2) is 8.84. The van der Waals surface area contributed by atoms with E-state index in [1.165, 1.54) is 11.3 Å². The highest BCUT2D eigenvalue weighted by atomic mass is 32.1. The number of hydrogen-bond acceptors (Lipinski definition) is 7. The number of piperazine rings is 1. The van der Waals surface area contributed by atoms with Gasteiger partial charge in [-0.05, 0) is 49.2 Å². The summed E-state index contributed by atoms with van der Waals surface area (Å²) < 4.78 is 3.47. The molecule has 3 aromatic heterocycles. The molecule has 0 radical (unpaired) electrons. The van der Waals surface area contributed by atoms with Crippen LogP contribution in [0.1, 0.15) is 5.56 Å². The fourth-order valence-corrected chi connectivity index (χ4v) is 4.89. The number of anilines is 3. The smallest absolute Gasteiger partial charge is 0.278 e. The minimum atomic E-state index is -0.130. The molecule has 1 saturated heterocycles. The molecule has 4 aromatic rings. The van der Waals surface area contributed by atoms with E-state index in [1.54, 1.807) is 28.3 Å². The number of allylic oxidation sites excluding steroid dienone is 1. The molecule has 170 valence electrons. The highest BCUT2D eigenvalue weighted by Gasteiger charge is 2.18. The topological polar surface area (TPSA) is 71.2 Å². The van der Waals surface area contributed by atoms with Gasteiger partial charge in [-0.1, -0.05) is 6.08 Å². The van der Waals surface area contributed by atoms with Crippen molar-refractivity contribution in [1.82, 2.24) is 24.2 Å². The molecule has 0 aliphatic carbocycles. The third-order valence-electron chi connectivity index (χ3n) is 6.03. The predicted octanol–water partition coefficient (Wildman–Crippen LogP) is 3.63. The van der Waals surface area contributed by atoms with E-state index in [0.717, 1.165) is 37.6 Å². The molecule has 4 heterocycles. The molecule has 1 fully saturated rings. The molecule has 1 N–H and O–H groups in total. The zero-order valence-corrected chi connectivity index (χ0v) is 19.7. The highest BCUT2D eigenvalue weighted by molar-refractivity contribution is 7.08. The lowest BCUT2D eigenvalue weighted by molar-refractivity contribution is 0.312.